The molecule has 0 spiro atoms. The van der Waals surface area contributed by atoms with Crippen molar-refractivity contribution in [2.45, 2.75) is 19.8 Å². The predicted molar refractivity (Wildman–Crippen MR) is 103 cm³/mol. The molecule has 3 aromatic rings. The molecule has 0 atom stereocenters. The number of hydrogen-bond donors (Lipinski definition) is 0. The van der Waals surface area contributed by atoms with Gasteiger partial charge in [-0.05, 0) is 66.3 Å². The number of aryl methyl sites for hydroxylation is 1. The van der Waals surface area contributed by atoms with Crippen LogP contribution >= 0.6 is 0 Å². The van der Waals surface area contributed by atoms with Gasteiger partial charge in [-0.15, -0.1) is 0 Å². The number of ketones is 2. The molecule has 3 heteroatoms. The predicted octanol–water partition coefficient (Wildman–Crippen LogP) is 4.27. The number of fused-ring (bicyclic) bond motifs is 4. The van der Waals surface area contributed by atoms with Crippen molar-refractivity contribution in [3.8, 4) is 5.75 Å². The van der Waals surface area contributed by atoms with Gasteiger partial charge < -0.3 is 4.74 Å². The summed E-state index contributed by atoms with van der Waals surface area (Å²) in [7, 11) is 1.59. The third-order valence-corrected chi connectivity index (χ3v) is 5.65. The molecule has 2 aliphatic carbocycles. The van der Waals surface area contributed by atoms with Gasteiger partial charge in [0.05, 0.1) is 7.11 Å². The minimum Gasteiger partial charge on any atom is -0.497 e. The maximum absolute atomic E-state index is 13.1. The van der Waals surface area contributed by atoms with Crippen LogP contribution < -0.4 is 4.74 Å². The zero-order valence-electron chi connectivity index (χ0n) is 15.3. The van der Waals surface area contributed by atoms with Gasteiger partial charge in [0.2, 0.25) is 0 Å². The van der Waals surface area contributed by atoms with Gasteiger partial charge in [0.15, 0.2) is 11.6 Å². The lowest BCUT2D eigenvalue weighted by Gasteiger charge is -2.24. The van der Waals surface area contributed by atoms with Crippen LogP contribution in [0.4, 0.5) is 0 Å². The second-order valence-electron chi connectivity index (χ2n) is 7.36. The number of ether oxygens (including phenoxy) is 1. The Balaban J connectivity index is 1.65. The number of benzene rings is 3. The Morgan fingerprint density at radius 1 is 0.667 bits per heavy atom. The van der Waals surface area contributed by atoms with E-state index in [2.05, 4.69) is 6.07 Å². The average molecular weight is 354 g/mol. The fourth-order valence-electron chi connectivity index (χ4n) is 4.22. The largest absolute Gasteiger partial charge is 0.497 e. The molecule has 0 fully saturated rings. The molecule has 0 N–H and O–H groups in total. The Morgan fingerprint density at radius 2 is 1.22 bits per heavy atom. The molecule has 0 aliphatic heterocycles. The number of carbonyl (C=O) groups excluding carboxylic acids is 2. The summed E-state index contributed by atoms with van der Waals surface area (Å²) in [4.78, 5) is 26.2. The zero-order valence-corrected chi connectivity index (χ0v) is 15.3. The van der Waals surface area contributed by atoms with Gasteiger partial charge in [0.25, 0.3) is 0 Å². The second kappa shape index (κ2) is 5.65. The van der Waals surface area contributed by atoms with E-state index in [0.29, 0.717) is 28.9 Å². The van der Waals surface area contributed by atoms with E-state index in [1.54, 1.807) is 13.2 Å². The maximum Gasteiger partial charge on any atom is 0.193 e. The van der Waals surface area contributed by atoms with Crippen molar-refractivity contribution in [1.82, 2.24) is 0 Å². The first-order chi connectivity index (χ1) is 13.0. The molecular formula is C24H18O3. The molecule has 132 valence electrons. The Hall–Kier alpha value is -3.20. The highest BCUT2D eigenvalue weighted by molar-refractivity contribution is 6.17. The molecule has 0 saturated carbocycles. The van der Waals surface area contributed by atoms with Crippen LogP contribution in [0, 0.1) is 6.92 Å². The minimum atomic E-state index is -0.0317. The molecule has 0 heterocycles. The first-order valence-electron chi connectivity index (χ1n) is 9.07. The number of rotatable bonds is 1. The molecule has 0 saturated heterocycles. The quantitative estimate of drug-likeness (QED) is 0.451. The van der Waals surface area contributed by atoms with Gasteiger partial charge in [-0.1, -0.05) is 29.8 Å². The van der Waals surface area contributed by atoms with Gasteiger partial charge in [0, 0.05) is 22.3 Å². The van der Waals surface area contributed by atoms with Gasteiger partial charge in [0.1, 0.15) is 5.75 Å². The minimum absolute atomic E-state index is 0.0157. The molecule has 0 radical (unpaired) electrons. The van der Waals surface area contributed by atoms with E-state index >= 15 is 0 Å². The van der Waals surface area contributed by atoms with Crippen molar-refractivity contribution >= 4 is 11.6 Å². The maximum atomic E-state index is 13.1. The van der Waals surface area contributed by atoms with E-state index in [4.69, 9.17) is 4.74 Å². The third-order valence-electron chi connectivity index (χ3n) is 5.65. The topological polar surface area (TPSA) is 43.4 Å². The first-order valence-corrected chi connectivity index (χ1v) is 9.07. The van der Waals surface area contributed by atoms with Crippen LogP contribution in [0.25, 0.3) is 0 Å². The van der Waals surface area contributed by atoms with E-state index in [1.807, 2.05) is 43.3 Å². The monoisotopic (exact) mass is 354 g/mol. The number of methoxy groups -OCH3 is 1. The zero-order chi connectivity index (χ0) is 18.7. The average Bonchev–Trinajstić information content (AvgIpc) is 2.68. The van der Waals surface area contributed by atoms with Crippen molar-refractivity contribution in [2.24, 2.45) is 0 Å². The summed E-state index contributed by atoms with van der Waals surface area (Å²) in [6.07, 6.45) is 1.43. The number of hydrogen-bond acceptors (Lipinski definition) is 3. The van der Waals surface area contributed by atoms with E-state index in [-0.39, 0.29) is 11.6 Å². The summed E-state index contributed by atoms with van der Waals surface area (Å²) in [6, 6.07) is 15.5. The van der Waals surface area contributed by atoms with E-state index in [0.717, 1.165) is 39.8 Å². The SMILES string of the molecule is COc1ccc2c(c1)C(=O)c1cc3c(cc1C2)Cc1ccc(C)cc1C3=O. The lowest BCUT2D eigenvalue weighted by Crippen LogP contribution is -2.21. The van der Waals surface area contributed by atoms with E-state index in [9.17, 15) is 9.59 Å². The van der Waals surface area contributed by atoms with Crippen LogP contribution in [-0.2, 0) is 12.8 Å². The molecule has 0 unspecified atom stereocenters. The van der Waals surface area contributed by atoms with E-state index in [1.165, 1.54) is 0 Å². The highest BCUT2D eigenvalue weighted by Crippen LogP contribution is 2.35. The molecule has 3 nitrogen and oxygen atoms in total. The molecule has 27 heavy (non-hydrogen) atoms. The van der Waals surface area contributed by atoms with Gasteiger partial charge >= 0.3 is 0 Å². The Labute approximate surface area is 157 Å². The van der Waals surface area contributed by atoms with Crippen molar-refractivity contribution in [3.63, 3.8) is 0 Å². The van der Waals surface area contributed by atoms with Crippen LogP contribution in [0.2, 0.25) is 0 Å². The molecular weight excluding hydrogens is 336 g/mol. The molecule has 0 aromatic heterocycles. The summed E-state index contributed by atoms with van der Waals surface area (Å²) in [6.45, 7) is 1.99. The molecule has 0 bridgehead atoms. The van der Waals surface area contributed by atoms with Crippen LogP contribution in [0.3, 0.4) is 0 Å². The smallest absolute Gasteiger partial charge is 0.193 e. The van der Waals surface area contributed by atoms with Crippen molar-refractivity contribution in [2.75, 3.05) is 7.11 Å². The van der Waals surface area contributed by atoms with Crippen molar-refractivity contribution in [1.29, 1.82) is 0 Å². The first kappa shape index (κ1) is 16.0. The van der Waals surface area contributed by atoms with Gasteiger partial charge in [-0.25, -0.2) is 0 Å². The van der Waals surface area contributed by atoms with Crippen LogP contribution in [0.5, 0.6) is 5.75 Å². The summed E-state index contributed by atoms with van der Waals surface area (Å²) < 4.78 is 5.27. The Bertz CT molecular complexity index is 1150. The third kappa shape index (κ3) is 2.35. The Morgan fingerprint density at radius 3 is 1.85 bits per heavy atom. The summed E-state index contributed by atoms with van der Waals surface area (Å²) in [5.41, 5.74) is 7.87. The molecule has 3 aromatic carbocycles. The lowest BCUT2D eigenvalue weighted by atomic mass is 9.78. The Kier molecular flexibility index (Phi) is 3.35. The fraction of sp³-hybridized carbons (Fsp3) is 0.167. The van der Waals surface area contributed by atoms with Crippen molar-refractivity contribution < 1.29 is 14.3 Å². The van der Waals surface area contributed by atoms with Crippen LogP contribution in [-0.4, -0.2) is 18.7 Å². The molecule has 5 rings (SSSR count). The highest BCUT2D eigenvalue weighted by Gasteiger charge is 2.29. The lowest BCUT2D eigenvalue weighted by molar-refractivity contribution is 0.103. The van der Waals surface area contributed by atoms with Gasteiger partial charge in [-0.2, -0.15) is 0 Å². The van der Waals surface area contributed by atoms with Crippen LogP contribution in [0.1, 0.15) is 59.7 Å². The fourth-order valence-corrected chi connectivity index (χ4v) is 4.22. The van der Waals surface area contributed by atoms with Crippen LogP contribution in [0.15, 0.2) is 48.5 Å². The second-order valence-corrected chi connectivity index (χ2v) is 7.36. The normalized spacial score (nSPS) is 14.1. The summed E-state index contributed by atoms with van der Waals surface area (Å²) in [5, 5.41) is 0. The van der Waals surface area contributed by atoms with Crippen molar-refractivity contribution in [3.05, 3.63) is 98.6 Å². The molecule has 0 amide bonds. The number of carbonyl (C=O) groups is 2. The summed E-state index contributed by atoms with van der Waals surface area (Å²) >= 11 is 0. The standard InChI is InChI=1S/C24H18O3/c1-13-3-4-14-8-16-10-17-9-15-5-6-18(27-2)11-20(15)24(26)22(17)12-21(16)23(25)19(14)7-13/h3-7,10-12H,8-9H2,1-2H3. The van der Waals surface area contributed by atoms with Gasteiger partial charge in [-0.3, -0.25) is 9.59 Å². The summed E-state index contributed by atoms with van der Waals surface area (Å²) in [5.74, 6) is 0.654. The highest BCUT2D eigenvalue weighted by atomic mass is 16.5. The van der Waals surface area contributed by atoms with E-state index < -0.39 is 0 Å². The molecule has 2 aliphatic rings.